The first-order chi connectivity index (χ1) is 7.40. The fraction of sp³-hybridized carbons (Fsp3) is 0.333. The minimum Gasteiger partial charge on any atom is -0.328 e. The topological polar surface area (TPSA) is 60.2 Å². The van der Waals surface area contributed by atoms with E-state index in [0.717, 1.165) is 16.7 Å². The first-order valence-corrected chi connectivity index (χ1v) is 6.77. The summed E-state index contributed by atoms with van der Waals surface area (Å²) in [6.45, 7) is 3.72. The van der Waals surface area contributed by atoms with Gasteiger partial charge in [0, 0.05) is 11.4 Å². The van der Waals surface area contributed by atoms with Crippen LogP contribution in [0.3, 0.4) is 0 Å². The SMILES string of the molecule is CC1=CS(=O)(=O)c2cc(CC(C)N)ccc21. The lowest BCUT2D eigenvalue weighted by Crippen LogP contribution is -2.17. The van der Waals surface area contributed by atoms with E-state index < -0.39 is 9.84 Å². The maximum Gasteiger partial charge on any atom is 0.200 e. The van der Waals surface area contributed by atoms with Gasteiger partial charge in [0.2, 0.25) is 9.84 Å². The summed E-state index contributed by atoms with van der Waals surface area (Å²) in [5.74, 6) is 0. The van der Waals surface area contributed by atoms with E-state index in [4.69, 9.17) is 5.73 Å². The Hall–Kier alpha value is -1.13. The zero-order valence-electron chi connectivity index (χ0n) is 9.40. The maximum atomic E-state index is 11.8. The van der Waals surface area contributed by atoms with Crippen molar-refractivity contribution in [2.24, 2.45) is 5.73 Å². The molecule has 2 rings (SSSR count). The Labute approximate surface area is 95.9 Å². The molecule has 0 bridgehead atoms. The van der Waals surface area contributed by atoms with Crippen LogP contribution in [0.25, 0.3) is 5.57 Å². The van der Waals surface area contributed by atoms with Crippen LogP contribution in [-0.2, 0) is 16.3 Å². The second-order valence-electron chi connectivity index (χ2n) is 4.36. The summed E-state index contributed by atoms with van der Waals surface area (Å²) in [6.07, 6.45) is 0.696. The standard InChI is InChI=1S/C12H15NO2S/c1-8-7-16(14,15)12-6-10(5-9(2)13)3-4-11(8)12/h3-4,6-7,9H,5,13H2,1-2H3. The van der Waals surface area contributed by atoms with E-state index in [1.54, 1.807) is 6.07 Å². The van der Waals surface area contributed by atoms with Gasteiger partial charge in [-0.25, -0.2) is 8.42 Å². The highest BCUT2D eigenvalue weighted by Gasteiger charge is 2.24. The van der Waals surface area contributed by atoms with E-state index >= 15 is 0 Å². The second-order valence-corrected chi connectivity index (χ2v) is 6.12. The summed E-state index contributed by atoms with van der Waals surface area (Å²) < 4.78 is 23.6. The van der Waals surface area contributed by atoms with Crippen molar-refractivity contribution >= 4 is 15.4 Å². The van der Waals surface area contributed by atoms with E-state index in [1.807, 2.05) is 26.0 Å². The summed E-state index contributed by atoms with van der Waals surface area (Å²) in [4.78, 5) is 0.420. The molecular formula is C12H15NO2S. The smallest absolute Gasteiger partial charge is 0.200 e. The third kappa shape index (κ3) is 1.90. The van der Waals surface area contributed by atoms with Gasteiger partial charge >= 0.3 is 0 Å². The van der Waals surface area contributed by atoms with Crippen LogP contribution in [-0.4, -0.2) is 14.5 Å². The third-order valence-corrected chi connectivity index (χ3v) is 4.28. The van der Waals surface area contributed by atoms with Gasteiger partial charge in [-0.3, -0.25) is 0 Å². The van der Waals surface area contributed by atoms with Crippen molar-refractivity contribution in [3.05, 3.63) is 34.7 Å². The minimum atomic E-state index is -3.22. The summed E-state index contributed by atoms with van der Waals surface area (Å²) in [7, 11) is -3.22. The molecule has 0 aromatic heterocycles. The van der Waals surface area contributed by atoms with Gasteiger partial charge in [-0.2, -0.15) is 0 Å². The molecule has 3 nitrogen and oxygen atoms in total. The molecule has 16 heavy (non-hydrogen) atoms. The average Bonchev–Trinajstić information content (AvgIpc) is 2.36. The Kier molecular flexibility index (Phi) is 2.64. The summed E-state index contributed by atoms with van der Waals surface area (Å²) in [5.41, 5.74) is 8.30. The molecule has 1 aromatic carbocycles. The lowest BCUT2D eigenvalue weighted by atomic mass is 10.0. The Bertz CT molecular complexity index is 556. The van der Waals surface area contributed by atoms with Gasteiger partial charge < -0.3 is 5.73 Å². The largest absolute Gasteiger partial charge is 0.328 e. The molecule has 0 saturated heterocycles. The predicted molar refractivity (Wildman–Crippen MR) is 64.6 cm³/mol. The Morgan fingerprint density at radius 2 is 2.06 bits per heavy atom. The van der Waals surface area contributed by atoms with Gasteiger partial charge in [0.15, 0.2) is 0 Å². The Morgan fingerprint density at radius 1 is 1.38 bits per heavy atom. The normalized spacial score (nSPS) is 19.1. The zero-order valence-corrected chi connectivity index (χ0v) is 10.2. The van der Waals surface area contributed by atoms with Crippen molar-refractivity contribution in [2.45, 2.75) is 31.2 Å². The minimum absolute atomic E-state index is 0.0382. The van der Waals surface area contributed by atoms with Crippen molar-refractivity contribution in [2.75, 3.05) is 0 Å². The number of hydrogen-bond acceptors (Lipinski definition) is 3. The summed E-state index contributed by atoms with van der Waals surface area (Å²) in [5, 5.41) is 1.33. The molecule has 0 spiro atoms. The molecule has 1 aliphatic heterocycles. The number of nitrogens with two attached hydrogens (primary N) is 1. The van der Waals surface area contributed by atoms with Crippen LogP contribution in [0.1, 0.15) is 25.0 Å². The van der Waals surface area contributed by atoms with Crippen LogP contribution < -0.4 is 5.73 Å². The molecule has 1 aromatic rings. The van der Waals surface area contributed by atoms with Gasteiger partial charge in [-0.15, -0.1) is 0 Å². The highest BCUT2D eigenvalue weighted by Crippen LogP contribution is 2.33. The number of hydrogen-bond donors (Lipinski definition) is 1. The molecule has 0 radical (unpaired) electrons. The Morgan fingerprint density at radius 3 is 2.69 bits per heavy atom. The van der Waals surface area contributed by atoms with E-state index in [9.17, 15) is 8.42 Å². The second kappa shape index (κ2) is 3.71. The predicted octanol–water partition coefficient (Wildman–Crippen LogP) is 1.72. The van der Waals surface area contributed by atoms with Gasteiger partial charge in [0.1, 0.15) is 0 Å². The van der Waals surface area contributed by atoms with Gasteiger partial charge in [0.05, 0.1) is 4.90 Å². The molecule has 2 N–H and O–H groups in total. The van der Waals surface area contributed by atoms with Crippen LogP contribution in [0, 0.1) is 0 Å². The number of allylic oxidation sites excluding steroid dienone is 1. The monoisotopic (exact) mass is 237 g/mol. The fourth-order valence-electron chi connectivity index (χ4n) is 1.99. The quantitative estimate of drug-likeness (QED) is 0.852. The first kappa shape index (κ1) is 11.4. The number of sulfone groups is 1. The van der Waals surface area contributed by atoms with E-state index in [2.05, 4.69) is 0 Å². The molecular weight excluding hydrogens is 222 g/mol. The van der Waals surface area contributed by atoms with Crippen LogP contribution in [0.2, 0.25) is 0 Å². The van der Waals surface area contributed by atoms with Crippen LogP contribution in [0.5, 0.6) is 0 Å². The summed E-state index contributed by atoms with van der Waals surface area (Å²) in [6, 6.07) is 5.58. The van der Waals surface area contributed by atoms with Crippen molar-refractivity contribution < 1.29 is 8.42 Å². The third-order valence-electron chi connectivity index (χ3n) is 2.67. The van der Waals surface area contributed by atoms with Crippen LogP contribution in [0.4, 0.5) is 0 Å². The van der Waals surface area contributed by atoms with Gasteiger partial charge in [0.25, 0.3) is 0 Å². The number of fused-ring (bicyclic) bond motifs is 1. The Balaban J connectivity index is 2.50. The first-order valence-electron chi connectivity index (χ1n) is 5.22. The molecule has 1 atom stereocenters. The molecule has 0 saturated carbocycles. The van der Waals surface area contributed by atoms with E-state index in [-0.39, 0.29) is 6.04 Å². The van der Waals surface area contributed by atoms with Crippen molar-refractivity contribution in [3.63, 3.8) is 0 Å². The molecule has 4 heteroatoms. The van der Waals surface area contributed by atoms with Crippen molar-refractivity contribution in [1.82, 2.24) is 0 Å². The molecule has 86 valence electrons. The summed E-state index contributed by atoms with van der Waals surface area (Å²) >= 11 is 0. The van der Waals surface area contributed by atoms with Crippen molar-refractivity contribution in [1.29, 1.82) is 0 Å². The number of benzene rings is 1. The molecule has 0 fully saturated rings. The average molecular weight is 237 g/mol. The maximum absolute atomic E-state index is 11.8. The van der Waals surface area contributed by atoms with E-state index in [0.29, 0.717) is 11.3 Å². The molecule has 1 heterocycles. The van der Waals surface area contributed by atoms with E-state index in [1.165, 1.54) is 5.41 Å². The molecule has 1 unspecified atom stereocenters. The number of rotatable bonds is 2. The highest BCUT2D eigenvalue weighted by atomic mass is 32.2. The highest BCUT2D eigenvalue weighted by molar-refractivity contribution is 7.95. The van der Waals surface area contributed by atoms with Crippen LogP contribution >= 0.6 is 0 Å². The molecule has 0 aliphatic carbocycles. The fourth-order valence-corrected chi connectivity index (χ4v) is 3.56. The van der Waals surface area contributed by atoms with Gasteiger partial charge in [-0.05, 0) is 43.0 Å². The zero-order chi connectivity index (χ0) is 11.9. The van der Waals surface area contributed by atoms with Crippen LogP contribution in [0.15, 0.2) is 28.5 Å². The lowest BCUT2D eigenvalue weighted by molar-refractivity contribution is 0.605. The lowest BCUT2D eigenvalue weighted by Gasteiger charge is -2.07. The van der Waals surface area contributed by atoms with Crippen molar-refractivity contribution in [3.8, 4) is 0 Å². The van der Waals surface area contributed by atoms with Gasteiger partial charge in [-0.1, -0.05) is 12.1 Å². The molecule has 1 aliphatic rings. The molecule has 0 amide bonds.